The van der Waals surface area contributed by atoms with Gasteiger partial charge < -0.3 is 0 Å². The Labute approximate surface area is 345 Å². The van der Waals surface area contributed by atoms with E-state index in [1.807, 2.05) is 90.2 Å². The van der Waals surface area contributed by atoms with Crippen LogP contribution in [0.15, 0.2) is 200 Å². The Morgan fingerprint density at radius 3 is 1.37 bits per heavy atom. The molecule has 0 spiro atoms. The van der Waals surface area contributed by atoms with Crippen LogP contribution in [0.25, 0.3) is 110 Å². The SMILES string of the molecule is c1ccc(-c2nc(-c3cccc(-c4cccc(-c5nc(-c6ccccc6)nc(-c6ccccc6)n5)c4)c3)cc(-c3cccc4c3sc3cc5ccccc5cc34)n2)cc1. The molecule has 5 nitrogen and oxygen atoms in total. The molecule has 8 aromatic carbocycles. The molecule has 11 aromatic rings. The number of fused-ring (bicyclic) bond motifs is 4. The molecule has 0 radical (unpaired) electrons. The van der Waals surface area contributed by atoms with E-state index in [1.165, 1.54) is 30.9 Å². The number of hydrogen-bond donors (Lipinski definition) is 0. The summed E-state index contributed by atoms with van der Waals surface area (Å²) in [5.41, 5.74) is 9.70. The third-order valence-electron chi connectivity index (χ3n) is 10.7. The number of thiophene rings is 1. The fourth-order valence-electron chi connectivity index (χ4n) is 7.77. The van der Waals surface area contributed by atoms with Crippen molar-refractivity contribution in [3.8, 4) is 79.2 Å². The molecule has 0 N–H and O–H groups in total. The van der Waals surface area contributed by atoms with Gasteiger partial charge in [0.25, 0.3) is 0 Å². The maximum absolute atomic E-state index is 5.24. The molecule has 3 heterocycles. The Balaban J connectivity index is 1.02. The van der Waals surface area contributed by atoms with Gasteiger partial charge in [-0.1, -0.05) is 170 Å². The standard InChI is InChI=1S/C53H33N5S/c1-4-15-34(16-5-1)50-54-46(33-47(55-50)44-28-14-27-43-45-31-39-21-10-11-22-40(39)32-48(45)59-49(43)44)41-25-12-23-37(29-41)38-24-13-26-42(30-38)53-57-51(35-17-6-2-7-18-35)56-52(58-53)36-19-8-3-9-20-36/h1-33H. The molecule has 0 atom stereocenters. The van der Waals surface area contributed by atoms with Crippen molar-refractivity contribution in [2.75, 3.05) is 0 Å². The van der Waals surface area contributed by atoms with E-state index < -0.39 is 0 Å². The minimum Gasteiger partial charge on any atom is -0.228 e. The fraction of sp³-hybridized carbons (Fsp3) is 0. The van der Waals surface area contributed by atoms with Crippen molar-refractivity contribution in [1.29, 1.82) is 0 Å². The van der Waals surface area contributed by atoms with Crippen LogP contribution in [0.3, 0.4) is 0 Å². The van der Waals surface area contributed by atoms with Crippen molar-refractivity contribution in [2.24, 2.45) is 0 Å². The molecular weight excluding hydrogens is 739 g/mol. The molecular formula is C53H33N5S. The van der Waals surface area contributed by atoms with Gasteiger partial charge in [-0.05, 0) is 52.2 Å². The van der Waals surface area contributed by atoms with Gasteiger partial charge in [-0.2, -0.15) is 0 Å². The van der Waals surface area contributed by atoms with E-state index in [-0.39, 0.29) is 0 Å². The average Bonchev–Trinajstić information content (AvgIpc) is 3.69. The van der Waals surface area contributed by atoms with E-state index in [2.05, 4.69) is 121 Å². The van der Waals surface area contributed by atoms with Crippen LogP contribution in [0.5, 0.6) is 0 Å². The predicted molar refractivity (Wildman–Crippen MR) is 244 cm³/mol. The third kappa shape index (κ3) is 6.61. The van der Waals surface area contributed by atoms with Gasteiger partial charge in [0, 0.05) is 53.6 Å². The molecule has 0 aliphatic heterocycles. The first-order chi connectivity index (χ1) is 29.2. The van der Waals surface area contributed by atoms with E-state index in [1.54, 1.807) is 0 Å². The summed E-state index contributed by atoms with van der Waals surface area (Å²) in [5, 5.41) is 4.99. The Bertz CT molecular complexity index is 3270. The lowest BCUT2D eigenvalue weighted by Gasteiger charge is -2.12. The second-order valence-corrected chi connectivity index (χ2v) is 15.6. The number of benzene rings is 8. The molecule has 3 aromatic heterocycles. The maximum atomic E-state index is 5.24. The summed E-state index contributed by atoms with van der Waals surface area (Å²) >= 11 is 1.82. The van der Waals surface area contributed by atoms with E-state index in [4.69, 9.17) is 24.9 Å². The van der Waals surface area contributed by atoms with Gasteiger partial charge >= 0.3 is 0 Å². The van der Waals surface area contributed by atoms with Gasteiger partial charge in [0.1, 0.15) is 0 Å². The van der Waals surface area contributed by atoms with E-state index in [9.17, 15) is 0 Å². The molecule has 0 saturated heterocycles. The average molecular weight is 772 g/mol. The number of aromatic nitrogens is 5. The van der Waals surface area contributed by atoms with Crippen molar-refractivity contribution >= 4 is 42.3 Å². The topological polar surface area (TPSA) is 64.5 Å². The molecule has 6 heteroatoms. The van der Waals surface area contributed by atoms with Crippen LogP contribution in [0.2, 0.25) is 0 Å². The highest BCUT2D eigenvalue weighted by atomic mass is 32.1. The zero-order chi connectivity index (χ0) is 39.1. The quantitative estimate of drug-likeness (QED) is 0.161. The summed E-state index contributed by atoms with van der Waals surface area (Å²) in [4.78, 5) is 25.3. The zero-order valence-electron chi connectivity index (χ0n) is 31.7. The lowest BCUT2D eigenvalue weighted by atomic mass is 9.98. The molecule has 0 unspecified atom stereocenters. The normalized spacial score (nSPS) is 11.4. The first kappa shape index (κ1) is 34.6. The highest BCUT2D eigenvalue weighted by molar-refractivity contribution is 7.26. The Morgan fingerprint density at radius 2 is 0.746 bits per heavy atom. The van der Waals surface area contributed by atoms with Crippen LogP contribution in [-0.4, -0.2) is 24.9 Å². The van der Waals surface area contributed by atoms with Crippen LogP contribution in [-0.2, 0) is 0 Å². The van der Waals surface area contributed by atoms with Crippen LogP contribution >= 0.6 is 11.3 Å². The molecule has 0 saturated carbocycles. The minimum atomic E-state index is 0.618. The minimum absolute atomic E-state index is 0.618. The monoisotopic (exact) mass is 771 g/mol. The molecule has 0 aliphatic carbocycles. The molecule has 0 bridgehead atoms. The maximum Gasteiger partial charge on any atom is 0.164 e. The van der Waals surface area contributed by atoms with E-state index in [0.29, 0.717) is 23.3 Å². The van der Waals surface area contributed by atoms with Gasteiger partial charge in [0.05, 0.1) is 11.4 Å². The van der Waals surface area contributed by atoms with Crippen molar-refractivity contribution in [1.82, 2.24) is 24.9 Å². The molecule has 0 amide bonds. The van der Waals surface area contributed by atoms with Gasteiger partial charge in [-0.3, -0.25) is 0 Å². The lowest BCUT2D eigenvalue weighted by Crippen LogP contribution is -2.00. The highest BCUT2D eigenvalue weighted by Gasteiger charge is 2.17. The number of rotatable bonds is 7. The summed E-state index contributed by atoms with van der Waals surface area (Å²) in [6.07, 6.45) is 0. The smallest absolute Gasteiger partial charge is 0.164 e. The van der Waals surface area contributed by atoms with Crippen molar-refractivity contribution in [3.63, 3.8) is 0 Å². The summed E-state index contributed by atoms with van der Waals surface area (Å²) in [5.74, 6) is 2.57. The first-order valence-corrected chi connectivity index (χ1v) is 20.4. The predicted octanol–water partition coefficient (Wildman–Crippen LogP) is 13.9. The van der Waals surface area contributed by atoms with Crippen molar-refractivity contribution in [3.05, 3.63) is 200 Å². The van der Waals surface area contributed by atoms with Crippen LogP contribution in [0, 0.1) is 0 Å². The molecule has 0 fully saturated rings. The Kier molecular flexibility index (Phi) is 8.60. The number of nitrogens with zero attached hydrogens (tertiary/aromatic N) is 5. The van der Waals surface area contributed by atoms with Gasteiger partial charge in [0.2, 0.25) is 0 Å². The highest BCUT2D eigenvalue weighted by Crippen LogP contribution is 2.42. The third-order valence-corrected chi connectivity index (χ3v) is 11.9. The largest absolute Gasteiger partial charge is 0.228 e. The van der Waals surface area contributed by atoms with Crippen molar-refractivity contribution in [2.45, 2.75) is 0 Å². The second kappa shape index (κ2) is 14.7. The van der Waals surface area contributed by atoms with Crippen LogP contribution in [0.4, 0.5) is 0 Å². The first-order valence-electron chi connectivity index (χ1n) is 19.6. The zero-order valence-corrected chi connectivity index (χ0v) is 32.5. The summed E-state index contributed by atoms with van der Waals surface area (Å²) < 4.78 is 2.49. The summed E-state index contributed by atoms with van der Waals surface area (Å²) in [6.45, 7) is 0. The lowest BCUT2D eigenvalue weighted by molar-refractivity contribution is 1.07. The second-order valence-electron chi connectivity index (χ2n) is 14.5. The molecule has 0 aliphatic rings. The molecule has 59 heavy (non-hydrogen) atoms. The van der Waals surface area contributed by atoms with E-state index >= 15 is 0 Å². The number of hydrogen-bond acceptors (Lipinski definition) is 6. The van der Waals surface area contributed by atoms with Gasteiger partial charge in [-0.25, -0.2) is 24.9 Å². The van der Waals surface area contributed by atoms with Crippen LogP contribution in [0.1, 0.15) is 0 Å². The van der Waals surface area contributed by atoms with Gasteiger partial charge in [0.15, 0.2) is 23.3 Å². The Morgan fingerprint density at radius 1 is 0.288 bits per heavy atom. The Hall–Kier alpha value is -7.67. The van der Waals surface area contributed by atoms with E-state index in [0.717, 1.165) is 55.9 Å². The van der Waals surface area contributed by atoms with Crippen molar-refractivity contribution < 1.29 is 0 Å². The summed E-state index contributed by atoms with van der Waals surface area (Å²) in [6, 6.07) is 69.3. The van der Waals surface area contributed by atoms with Crippen LogP contribution < -0.4 is 0 Å². The molecule has 11 rings (SSSR count). The molecule has 276 valence electrons. The fourth-order valence-corrected chi connectivity index (χ4v) is 9.02. The summed E-state index contributed by atoms with van der Waals surface area (Å²) in [7, 11) is 0. The van der Waals surface area contributed by atoms with Gasteiger partial charge in [-0.15, -0.1) is 11.3 Å².